The number of nitrogens with two attached hydrogens (primary N) is 1. The van der Waals surface area contributed by atoms with Crippen molar-refractivity contribution in [3.63, 3.8) is 0 Å². The summed E-state index contributed by atoms with van der Waals surface area (Å²) >= 11 is 3.60. The quantitative estimate of drug-likeness (QED) is 0.572. The van der Waals surface area contributed by atoms with Crippen LogP contribution in [-0.4, -0.2) is 6.54 Å². The van der Waals surface area contributed by atoms with E-state index in [0.29, 0.717) is 13.2 Å². The molecule has 0 aliphatic rings. The molecule has 0 amide bonds. The highest BCUT2D eigenvalue weighted by Gasteiger charge is 2.18. The smallest absolute Gasteiger partial charge is 0.123 e. The van der Waals surface area contributed by atoms with Gasteiger partial charge in [0.25, 0.3) is 0 Å². The minimum absolute atomic E-state index is 0.217. The molecule has 0 radical (unpaired) electrons. The SMILES string of the molecule is NCC[C@H](c1ccccc1)c1cc(Br)ccc1OCc1ccccc1. The van der Waals surface area contributed by atoms with Crippen LogP contribution in [0, 0.1) is 0 Å². The Hall–Kier alpha value is -2.10. The van der Waals surface area contributed by atoms with Crippen LogP contribution in [0.15, 0.2) is 83.3 Å². The van der Waals surface area contributed by atoms with Gasteiger partial charge in [-0.2, -0.15) is 0 Å². The van der Waals surface area contributed by atoms with Crippen molar-refractivity contribution < 1.29 is 4.74 Å². The molecule has 3 heteroatoms. The highest BCUT2D eigenvalue weighted by Crippen LogP contribution is 2.36. The normalized spacial score (nSPS) is 11.9. The Bertz CT molecular complexity index is 790. The first kappa shape index (κ1) is 17.7. The largest absolute Gasteiger partial charge is 0.489 e. The van der Waals surface area contributed by atoms with Crippen molar-refractivity contribution in [3.8, 4) is 5.75 Å². The summed E-state index contributed by atoms with van der Waals surface area (Å²) < 4.78 is 7.21. The minimum atomic E-state index is 0.217. The monoisotopic (exact) mass is 395 g/mol. The highest BCUT2D eigenvalue weighted by atomic mass is 79.9. The van der Waals surface area contributed by atoms with Crippen molar-refractivity contribution in [3.05, 3.63) is 100 Å². The van der Waals surface area contributed by atoms with E-state index in [2.05, 4.69) is 58.4 Å². The number of hydrogen-bond acceptors (Lipinski definition) is 2. The average molecular weight is 396 g/mol. The van der Waals surface area contributed by atoms with E-state index < -0.39 is 0 Å². The molecule has 2 nitrogen and oxygen atoms in total. The molecule has 3 rings (SSSR count). The zero-order chi connectivity index (χ0) is 17.5. The molecule has 0 aliphatic heterocycles. The van der Waals surface area contributed by atoms with Gasteiger partial charge in [0, 0.05) is 16.0 Å². The van der Waals surface area contributed by atoms with E-state index in [4.69, 9.17) is 10.5 Å². The average Bonchev–Trinajstić information content (AvgIpc) is 2.66. The van der Waals surface area contributed by atoms with Crippen molar-refractivity contribution in [1.29, 1.82) is 0 Å². The second-order valence-electron chi connectivity index (χ2n) is 6.00. The second-order valence-corrected chi connectivity index (χ2v) is 6.91. The Balaban J connectivity index is 1.91. The van der Waals surface area contributed by atoms with Gasteiger partial charge in [0.15, 0.2) is 0 Å². The molecule has 3 aromatic carbocycles. The molecule has 0 aliphatic carbocycles. The topological polar surface area (TPSA) is 35.2 Å². The summed E-state index contributed by atoms with van der Waals surface area (Å²) in [5.41, 5.74) is 9.49. The lowest BCUT2D eigenvalue weighted by Crippen LogP contribution is -2.10. The molecule has 0 saturated carbocycles. The van der Waals surface area contributed by atoms with Gasteiger partial charge in [0.2, 0.25) is 0 Å². The molecule has 25 heavy (non-hydrogen) atoms. The number of hydrogen-bond donors (Lipinski definition) is 1. The van der Waals surface area contributed by atoms with Gasteiger partial charge < -0.3 is 10.5 Å². The van der Waals surface area contributed by atoms with Crippen LogP contribution in [0.25, 0.3) is 0 Å². The number of benzene rings is 3. The number of ether oxygens (including phenoxy) is 1. The molecular weight excluding hydrogens is 374 g/mol. The van der Waals surface area contributed by atoms with Crippen LogP contribution >= 0.6 is 15.9 Å². The van der Waals surface area contributed by atoms with Crippen LogP contribution in [0.5, 0.6) is 5.75 Å². The fourth-order valence-electron chi connectivity index (χ4n) is 3.01. The van der Waals surface area contributed by atoms with Crippen LogP contribution in [0.3, 0.4) is 0 Å². The summed E-state index contributed by atoms with van der Waals surface area (Å²) in [4.78, 5) is 0. The molecule has 1 atom stereocenters. The number of rotatable bonds is 7. The molecule has 0 spiro atoms. The van der Waals surface area contributed by atoms with Gasteiger partial charge in [-0.25, -0.2) is 0 Å². The predicted octanol–water partition coefficient (Wildman–Crippen LogP) is 5.51. The zero-order valence-corrected chi connectivity index (χ0v) is 15.7. The Morgan fingerprint density at radius 2 is 1.56 bits per heavy atom. The summed E-state index contributed by atoms with van der Waals surface area (Å²) in [6, 6.07) is 26.9. The van der Waals surface area contributed by atoms with E-state index in [-0.39, 0.29) is 5.92 Å². The van der Waals surface area contributed by atoms with Gasteiger partial charge in [0.05, 0.1) is 0 Å². The molecule has 0 heterocycles. The first-order valence-corrected chi connectivity index (χ1v) is 9.28. The second kappa shape index (κ2) is 8.84. The van der Waals surface area contributed by atoms with Crippen LogP contribution in [-0.2, 0) is 6.61 Å². The Labute approximate surface area is 157 Å². The Kier molecular flexibility index (Phi) is 6.26. The van der Waals surface area contributed by atoms with E-state index in [1.54, 1.807) is 0 Å². The zero-order valence-electron chi connectivity index (χ0n) is 14.1. The van der Waals surface area contributed by atoms with Crippen molar-refractivity contribution in [2.75, 3.05) is 6.54 Å². The molecule has 0 aromatic heterocycles. The first-order chi connectivity index (χ1) is 12.3. The Morgan fingerprint density at radius 1 is 0.880 bits per heavy atom. The van der Waals surface area contributed by atoms with Crippen molar-refractivity contribution in [1.82, 2.24) is 0 Å². The third kappa shape index (κ3) is 4.71. The first-order valence-electron chi connectivity index (χ1n) is 8.49. The van der Waals surface area contributed by atoms with E-state index in [0.717, 1.165) is 22.2 Å². The van der Waals surface area contributed by atoms with Crippen LogP contribution in [0.2, 0.25) is 0 Å². The fourth-order valence-corrected chi connectivity index (χ4v) is 3.39. The highest BCUT2D eigenvalue weighted by molar-refractivity contribution is 9.10. The molecular formula is C22H22BrNO. The summed E-state index contributed by atoms with van der Waals surface area (Å²) in [6.45, 7) is 1.18. The van der Waals surface area contributed by atoms with E-state index in [9.17, 15) is 0 Å². The third-order valence-electron chi connectivity index (χ3n) is 4.24. The van der Waals surface area contributed by atoms with Crippen molar-refractivity contribution >= 4 is 15.9 Å². The lowest BCUT2D eigenvalue weighted by atomic mass is 9.88. The van der Waals surface area contributed by atoms with Gasteiger partial charge >= 0.3 is 0 Å². The fraction of sp³-hybridized carbons (Fsp3) is 0.182. The predicted molar refractivity (Wildman–Crippen MR) is 107 cm³/mol. The minimum Gasteiger partial charge on any atom is -0.489 e. The standard InChI is InChI=1S/C22H22BrNO/c23-19-11-12-22(25-16-17-7-3-1-4-8-17)21(15-19)20(13-14-24)18-9-5-2-6-10-18/h1-12,15,20H,13-14,16,24H2/t20-/m1/s1. The van der Waals surface area contributed by atoms with E-state index in [1.807, 2.05) is 36.4 Å². The van der Waals surface area contributed by atoms with Crippen LogP contribution < -0.4 is 10.5 Å². The number of halogens is 1. The third-order valence-corrected chi connectivity index (χ3v) is 4.73. The maximum atomic E-state index is 6.17. The van der Waals surface area contributed by atoms with Crippen molar-refractivity contribution in [2.45, 2.75) is 18.9 Å². The lowest BCUT2D eigenvalue weighted by Gasteiger charge is -2.21. The molecule has 2 N–H and O–H groups in total. The van der Waals surface area contributed by atoms with Crippen LogP contribution in [0.1, 0.15) is 29.0 Å². The van der Waals surface area contributed by atoms with E-state index in [1.165, 1.54) is 11.1 Å². The summed E-state index contributed by atoms with van der Waals surface area (Å²) in [6.07, 6.45) is 0.877. The molecule has 3 aromatic rings. The van der Waals surface area contributed by atoms with Crippen molar-refractivity contribution in [2.24, 2.45) is 5.73 Å². The Morgan fingerprint density at radius 3 is 2.24 bits per heavy atom. The maximum Gasteiger partial charge on any atom is 0.123 e. The van der Waals surface area contributed by atoms with Gasteiger partial charge in [-0.05, 0) is 42.3 Å². The summed E-state index contributed by atoms with van der Waals surface area (Å²) in [5.74, 6) is 1.13. The summed E-state index contributed by atoms with van der Waals surface area (Å²) in [7, 11) is 0. The van der Waals surface area contributed by atoms with E-state index >= 15 is 0 Å². The van der Waals surface area contributed by atoms with Crippen LogP contribution in [0.4, 0.5) is 0 Å². The van der Waals surface area contributed by atoms with Gasteiger partial charge in [0.1, 0.15) is 12.4 Å². The van der Waals surface area contributed by atoms with Gasteiger partial charge in [-0.15, -0.1) is 0 Å². The summed E-state index contributed by atoms with van der Waals surface area (Å²) in [5, 5.41) is 0. The van der Waals surface area contributed by atoms with Gasteiger partial charge in [-0.3, -0.25) is 0 Å². The molecule has 0 unspecified atom stereocenters. The lowest BCUT2D eigenvalue weighted by molar-refractivity contribution is 0.301. The molecule has 0 bridgehead atoms. The molecule has 0 fully saturated rings. The maximum absolute atomic E-state index is 6.17. The molecule has 128 valence electrons. The van der Waals surface area contributed by atoms with Gasteiger partial charge in [-0.1, -0.05) is 76.6 Å². The molecule has 0 saturated heterocycles.